The van der Waals surface area contributed by atoms with Crippen LogP contribution in [-0.2, 0) is 16.0 Å². The summed E-state index contributed by atoms with van der Waals surface area (Å²) in [5, 5.41) is 2.65. The van der Waals surface area contributed by atoms with Gasteiger partial charge >= 0.3 is 6.18 Å². The summed E-state index contributed by atoms with van der Waals surface area (Å²) in [6.45, 7) is -0.959. The van der Waals surface area contributed by atoms with Crippen molar-refractivity contribution in [1.82, 2.24) is 5.32 Å². The maximum atomic E-state index is 11.8. The maximum absolute atomic E-state index is 11.8. The van der Waals surface area contributed by atoms with Crippen LogP contribution >= 0.6 is 15.9 Å². The third kappa shape index (κ3) is 8.72. The average molecular weight is 368 g/mol. The van der Waals surface area contributed by atoms with E-state index < -0.39 is 12.8 Å². The van der Waals surface area contributed by atoms with Crippen LogP contribution in [0.5, 0.6) is 0 Å². The van der Waals surface area contributed by atoms with Crippen LogP contribution in [0, 0.1) is 0 Å². The monoisotopic (exact) mass is 367 g/mol. The van der Waals surface area contributed by atoms with Gasteiger partial charge in [-0.15, -0.1) is 0 Å². The summed E-state index contributed by atoms with van der Waals surface area (Å²) < 4.78 is 40.8. The zero-order valence-corrected chi connectivity index (χ0v) is 13.0. The van der Waals surface area contributed by atoms with Crippen molar-refractivity contribution in [2.75, 3.05) is 19.8 Å². The van der Waals surface area contributed by atoms with Crippen molar-refractivity contribution in [1.29, 1.82) is 0 Å². The fourth-order valence-corrected chi connectivity index (χ4v) is 2.11. The van der Waals surface area contributed by atoms with E-state index in [9.17, 15) is 18.0 Å². The van der Waals surface area contributed by atoms with Crippen LogP contribution in [0.4, 0.5) is 13.2 Å². The first-order valence-electron chi connectivity index (χ1n) is 6.53. The van der Waals surface area contributed by atoms with Gasteiger partial charge < -0.3 is 10.1 Å². The first-order valence-corrected chi connectivity index (χ1v) is 7.32. The predicted molar refractivity (Wildman–Crippen MR) is 77.0 cm³/mol. The fraction of sp³-hybridized carbons (Fsp3) is 0.500. The van der Waals surface area contributed by atoms with Crippen LogP contribution in [0.15, 0.2) is 28.7 Å². The average Bonchev–Trinajstić information content (AvgIpc) is 2.40. The molecular weight excluding hydrogens is 351 g/mol. The van der Waals surface area contributed by atoms with Crippen LogP contribution in [0.2, 0.25) is 0 Å². The summed E-state index contributed by atoms with van der Waals surface area (Å²) >= 11 is 3.40. The number of carbonyl (C=O) groups is 1. The van der Waals surface area contributed by atoms with Gasteiger partial charge in [-0.05, 0) is 24.5 Å². The van der Waals surface area contributed by atoms with Gasteiger partial charge in [0.25, 0.3) is 0 Å². The van der Waals surface area contributed by atoms with Crippen molar-refractivity contribution < 1.29 is 22.7 Å². The van der Waals surface area contributed by atoms with E-state index in [2.05, 4.69) is 26.0 Å². The topological polar surface area (TPSA) is 38.3 Å². The Balaban J connectivity index is 2.08. The standard InChI is InChI=1S/C14H17BrF3NO2/c15-12-5-2-1-4-11(12)6-7-13(20)19-8-3-9-21-10-14(16,17)18/h1-2,4-5H,3,6-10H2,(H,19,20). The molecule has 0 fully saturated rings. The quantitative estimate of drug-likeness (QED) is 0.714. The summed E-state index contributed by atoms with van der Waals surface area (Å²) in [6.07, 6.45) is -2.99. The molecule has 0 unspecified atom stereocenters. The first-order chi connectivity index (χ1) is 9.88. The van der Waals surface area contributed by atoms with Crippen LogP contribution in [0.3, 0.4) is 0 Å². The Hall–Kier alpha value is -1.08. The smallest absolute Gasteiger partial charge is 0.372 e. The van der Waals surface area contributed by atoms with Gasteiger partial charge in [0.1, 0.15) is 6.61 Å². The van der Waals surface area contributed by atoms with E-state index in [1.165, 1.54) is 0 Å². The molecule has 0 bridgehead atoms. The van der Waals surface area contributed by atoms with E-state index in [4.69, 9.17) is 0 Å². The molecule has 1 aromatic carbocycles. The molecule has 3 nitrogen and oxygen atoms in total. The Bertz CT molecular complexity index is 452. The predicted octanol–water partition coefficient (Wildman–Crippen LogP) is 3.47. The largest absolute Gasteiger partial charge is 0.411 e. The van der Waals surface area contributed by atoms with Gasteiger partial charge in [-0.3, -0.25) is 4.79 Å². The number of hydrogen-bond donors (Lipinski definition) is 1. The summed E-state index contributed by atoms with van der Waals surface area (Å²) in [5.41, 5.74) is 1.04. The minimum absolute atomic E-state index is 0.0238. The van der Waals surface area contributed by atoms with E-state index >= 15 is 0 Å². The second-order valence-electron chi connectivity index (χ2n) is 4.46. The van der Waals surface area contributed by atoms with Gasteiger partial charge in [0.05, 0.1) is 0 Å². The number of alkyl halides is 3. The first kappa shape index (κ1) is 18.0. The molecule has 0 radical (unpaired) electrons. The summed E-state index contributed by atoms with van der Waals surface area (Å²) in [7, 11) is 0. The third-order valence-corrected chi connectivity index (χ3v) is 3.41. The zero-order valence-electron chi connectivity index (χ0n) is 11.4. The number of halogens is 4. The molecule has 0 atom stereocenters. The Morgan fingerprint density at radius 2 is 2.00 bits per heavy atom. The molecule has 118 valence electrons. The summed E-state index contributed by atoms with van der Waals surface area (Å²) in [5.74, 6) is -0.124. The Morgan fingerprint density at radius 3 is 2.67 bits per heavy atom. The van der Waals surface area contributed by atoms with Gasteiger partial charge in [0, 0.05) is 24.0 Å². The Morgan fingerprint density at radius 1 is 1.29 bits per heavy atom. The molecule has 1 N–H and O–H groups in total. The third-order valence-electron chi connectivity index (χ3n) is 2.63. The molecule has 0 saturated heterocycles. The summed E-state index contributed by atoms with van der Waals surface area (Å²) in [4.78, 5) is 11.6. The van der Waals surface area contributed by atoms with Gasteiger partial charge in [-0.25, -0.2) is 0 Å². The van der Waals surface area contributed by atoms with E-state index in [1.54, 1.807) is 0 Å². The lowest BCUT2D eigenvalue weighted by molar-refractivity contribution is -0.174. The van der Waals surface area contributed by atoms with Crippen molar-refractivity contribution in [3.8, 4) is 0 Å². The second-order valence-corrected chi connectivity index (χ2v) is 5.32. The van der Waals surface area contributed by atoms with E-state index in [0.29, 0.717) is 25.8 Å². The lowest BCUT2D eigenvalue weighted by atomic mass is 10.1. The second kappa shape index (κ2) is 9.04. The molecule has 0 aliphatic rings. The molecule has 0 aromatic heterocycles. The van der Waals surface area contributed by atoms with Gasteiger partial charge in [0.15, 0.2) is 0 Å². The number of rotatable bonds is 8. The van der Waals surface area contributed by atoms with Gasteiger partial charge in [-0.2, -0.15) is 13.2 Å². The molecule has 0 heterocycles. The number of nitrogens with one attached hydrogen (secondary N) is 1. The molecule has 0 spiro atoms. The highest BCUT2D eigenvalue weighted by atomic mass is 79.9. The van der Waals surface area contributed by atoms with Crippen molar-refractivity contribution in [3.05, 3.63) is 34.3 Å². The minimum Gasteiger partial charge on any atom is -0.372 e. The molecule has 1 aromatic rings. The molecule has 0 saturated carbocycles. The van der Waals surface area contributed by atoms with Gasteiger partial charge in [0.2, 0.25) is 5.91 Å². The number of amides is 1. The molecule has 1 rings (SSSR count). The maximum Gasteiger partial charge on any atom is 0.411 e. The number of aryl methyl sites for hydroxylation is 1. The molecular formula is C14H17BrF3NO2. The van der Waals surface area contributed by atoms with Gasteiger partial charge in [-0.1, -0.05) is 34.1 Å². The highest BCUT2D eigenvalue weighted by Crippen LogP contribution is 2.17. The fourth-order valence-electron chi connectivity index (χ4n) is 1.63. The highest BCUT2D eigenvalue weighted by Gasteiger charge is 2.27. The normalized spacial score (nSPS) is 11.4. The van der Waals surface area contributed by atoms with Crippen molar-refractivity contribution in [3.63, 3.8) is 0 Å². The minimum atomic E-state index is -4.30. The Labute approximate surface area is 130 Å². The lowest BCUT2D eigenvalue weighted by Crippen LogP contribution is -2.26. The van der Waals surface area contributed by atoms with E-state index in [1.807, 2.05) is 24.3 Å². The molecule has 7 heteroatoms. The molecule has 21 heavy (non-hydrogen) atoms. The Kier molecular flexibility index (Phi) is 7.74. The van der Waals surface area contributed by atoms with Crippen molar-refractivity contribution in [2.24, 2.45) is 0 Å². The number of hydrogen-bond acceptors (Lipinski definition) is 2. The van der Waals surface area contributed by atoms with Crippen LogP contribution in [0.25, 0.3) is 0 Å². The SMILES string of the molecule is O=C(CCc1ccccc1Br)NCCCOCC(F)(F)F. The number of benzene rings is 1. The van der Waals surface area contributed by atoms with Crippen molar-refractivity contribution in [2.45, 2.75) is 25.4 Å². The van der Waals surface area contributed by atoms with Crippen molar-refractivity contribution >= 4 is 21.8 Å². The zero-order chi connectivity index (χ0) is 15.7. The molecule has 0 aliphatic carbocycles. The van der Waals surface area contributed by atoms with E-state index in [0.717, 1.165) is 10.0 Å². The lowest BCUT2D eigenvalue weighted by Gasteiger charge is -2.08. The number of carbonyl (C=O) groups excluding carboxylic acids is 1. The highest BCUT2D eigenvalue weighted by molar-refractivity contribution is 9.10. The summed E-state index contributed by atoms with van der Waals surface area (Å²) in [6, 6.07) is 7.64. The van der Waals surface area contributed by atoms with Crippen LogP contribution < -0.4 is 5.32 Å². The number of ether oxygens (including phenoxy) is 1. The molecule has 0 aliphatic heterocycles. The molecule has 1 amide bonds. The van der Waals surface area contributed by atoms with Crippen LogP contribution in [0.1, 0.15) is 18.4 Å². The van der Waals surface area contributed by atoms with Crippen LogP contribution in [-0.4, -0.2) is 31.8 Å². The van der Waals surface area contributed by atoms with E-state index in [-0.39, 0.29) is 12.5 Å².